The highest BCUT2D eigenvalue weighted by molar-refractivity contribution is 5.86. The minimum atomic E-state index is -0.855. The summed E-state index contributed by atoms with van der Waals surface area (Å²) < 4.78 is 0. The summed E-state index contributed by atoms with van der Waals surface area (Å²) in [7, 11) is 0. The van der Waals surface area contributed by atoms with Crippen molar-refractivity contribution in [3.8, 4) is 0 Å². The molecule has 0 aromatic rings. The SMILES string of the molecule is C[C@]12CC[C@]3(C1)C(CC2=O)C[C@@H](O)C1[C@](C)(C(=O)O)CCC[C@@]13C. The Morgan fingerprint density at radius 1 is 1.12 bits per heavy atom. The number of hydrogen-bond acceptors (Lipinski definition) is 3. The van der Waals surface area contributed by atoms with Crippen LogP contribution in [0.15, 0.2) is 0 Å². The normalized spacial score (nSPS) is 56.5. The number of fused-ring (bicyclic) bond motifs is 2. The fraction of sp³-hybridized carbons (Fsp3) is 0.900. The van der Waals surface area contributed by atoms with Gasteiger partial charge < -0.3 is 10.2 Å². The van der Waals surface area contributed by atoms with E-state index in [0.29, 0.717) is 25.0 Å². The molecule has 4 heteroatoms. The Kier molecular flexibility index (Phi) is 3.19. The van der Waals surface area contributed by atoms with E-state index in [9.17, 15) is 19.8 Å². The predicted octanol–water partition coefficient (Wildman–Crippen LogP) is 3.41. The van der Waals surface area contributed by atoms with E-state index in [1.54, 1.807) is 0 Å². The molecule has 0 aliphatic heterocycles. The highest BCUT2D eigenvalue weighted by Gasteiger charge is 2.72. The standard InChI is InChI=1S/C20H30O4/c1-17-7-8-20(11-17)12(10-14(17)22)9-13(21)15-18(2,16(23)24)5-4-6-19(15,20)3/h12-13,15,21H,4-11H2,1-3H3,(H,23,24)/t12?,13-,15?,17+,18-,19+,20+/m1/s1. The largest absolute Gasteiger partial charge is 0.481 e. The van der Waals surface area contributed by atoms with Gasteiger partial charge in [-0.15, -0.1) is 0 Å². The highest BCUT2D eigenvalue weighted by Crippen LogP contribution is 2.75. The maximum absolute atomic E-state index is 12.7. The third-order valence-electron chi connectivity index (χ3n) is 9.02. The van der Waals surface area contributed by atoms with E-state index in [0.717, 1.165) is 32.1 Å². The summed E-state index contributed by atoms with van der Waals surface area (Å²) in [6, 6.07) is 0. The van der Waals surface area contributed by atoms with Crippen molar-refractivity contribution in [1.29, 1.82) is 0 Å². The van der Waals surface area contributed by atoms with Crippen LogP contribution >= 0.6 is 0 Å². The molecule has 0 heterocycles. The molecule has 134 valence electrons. The summed E-state index contributed by atoms with van der Waals surface area (Å²) >= 11 is 0. The molecule has 2 bridgehead atoms. The molecule has 1 spiro atoms. The Morgan fingerprint density at radius 3 is 2.50 bits per heavy atom. The van der Waals surface area contributed by atoms with Crippen molar-refractivity contribution in [3.05, 3.63) is 0 Å². The number of carbonyl (C=O) groups is 2. The van der Waals surface area contributed by atoms with Crippen molar-refractivity contribution in [2.75, 3.05) is 0 Å². The summed E-state index contributed by atoms with van der Waals surface area (Å²) in [5, 5.41) is 21.0. The molecule has 4 aliphatic rings. The van der Waals surface area contributed by atoms with Gasteiger partial charge in [-0.25, -0.2) is 0 Å². The van der Waals surface area contributed by atoms with E-state index < -0.39 is 17.5 Å². The van der Waals surface area contributed by atoms with E-state index in [1.165, 1.54) is 0 Å². The Bertz CT molecular complexity index is 615. The zero-order chi connectivity index (χ0) is 17.5. The number of carboxylic acid groups (broad SMARTS) is 1. The Hall–Kier alpha value is -0.900. The molecule has 0 aromatic heterocycles. The summed E-state index contributed by atoms with van der Waals surface area (Å²) in [6.07, 6.45) is 5.98. The zero-order valence-electron chi connectivity index (χ0n) is 15.1. The number of carboxylic acids is 1. The van der Waals surface area contributed by atoms with Gasteiger partial charge in [0.1, 0.15) is 5.78 Å². The van der Waals surface area contributed by atoms with Crippen molar-refractivity contribution >= 4 is 11.8 Å². The molecule has 24 heavy (non-hydrogen) atoms. The first-order chi connectivity index (χ1) is 11.1. The number of aliphatic hydroxyl groups excluding tert-OH is 1. The van der Waals surface area contributed by atoms with Gasteiger partial charge in [-0.05, 0) is 62.2 Å². The van der Waals surface area contributed by atoms with Crippen LogP contribution < -0.4 is 0 Å². The minimum Gasteiger partial charge on any atom is -0.481 e. The second kappa shape index (κ2) is 4.63. The van der Waals surface area contributed by atoms with E-state index in [1.807, 2.05) is 6.92 Å². The van der Waals surface area contributed by atoms with E-state index in [-0.39, 0.29) is 28.1 Å². The lowest BCUT2D eigenvalue weighted by atomic mass is 9.37. The van der Waals surface area contributed by atoms with Crippen LogP contribution in [0.2, 0.25) is 0 Å². The molecule has 4 aliphatic carbocycles. The number of rotatable bonds is 1. The molecule has 4 rings (SSSR count). The monoisotopic (exact) mass is 334 g/mol. The topological polar surface area (TPSA) is 74.6 Å². The van der Waals surface area contributed by atoms with E-state index in [2.05, 4.69) is 13.8 Å². The van der Waals surface area contributed by atoms with Crippen LogP contribution in [0.5, 0.6) is 0 Å². The third kappa shape index (κ3) is 1.69. The summed E-state index contributed by atoms with van der Waals surface area (Å²) in [4.78, 5) is 24.8. The van der Waals surface area contributed by atoms with Crippen molar-refractivity contribution in [2.45, 2.75) is 78.2 Å². The van der Waals surface area contributed by atoms with Crippen LogP contribution in [0.3, 0.4) is 0 Å². The Labute approximate surface area is 144 Å². The maximum Gasteiger partial charge on any atom is 0.309 e. The molecule has 0 radical (unpaired) electrons. The lowest BCUT2D eigenvalue weighted by Crippen LogP contribution is -2.65. The average molecular weight is 334 g/mol. The highest BCUT2D eigenvalue weighted by atomic mass is 16.4. The molecule has 2 unspecified atom stereocenters. The second-order valence-corrected chi connectivity index (χ2v) is 9.99. The van der Waals surface area contributed by atoms with Gasteiger partial charge in [0.2, 0.25) is 0 Å². The number of hydrogen-bond donors (Lipinski definition) is 2. The molecule has 0 aromatic carbocycles. The molecule has 4 nitrogen and oxygen atoms in total. The van der Waals surface area contributed by atoms with E-state index in [4.69, 9.17) is 0 Å². The molecule has 2 N–H and O–H groups in total. The van der Waals surface area contributed by atoms with Crippen LogP contribution in [0.4, 0.5) is 0 Å². The lowest BCUT2D eigenvalue weighted by molar-refractivity contribution is -0.224. The van der Waals surface area contributed by atoms with Gasteiger partial charge in [0.25, 0.3) is 0 Å². The lowest BCUT2D eigenvalue weighted by Gasteiger charge is -2.66. The number of aliphatic hydroxyl groups is 1. The molecule has 7 atom stereocenters. The molecular weight excluding hydrogens is 304 g/mol. The fourth-order valence-corrected chi connectivity index (χ4v) is 7.80. The minimum absolute atomic E-state index is 0.0384. The second-order valence-electron chi connectivity index (χ2n) is 9.99. The molecule has 4 fully saturated rings. The van der Waals surface area contributed by atoms with Crippen LogP contribution in [-0.4, -0.2) is 28.1 Å². The van der Waals surface area contributed by atoms with Crippen molar-refractivity contribution < 1.29 is 19.8 Å². The quantitative estimate of drug-likeness (QED) is 0.770. The fourth-order valence-electron chi connectivity index (χ4n) is 7.80. The van der Waals surface area contributed by atoms with Gasteiger partial charge in [0.05, 0.1) is 11.5 Å². The predicted molar refractivity (Wildman–Crippen MR) is 89.3 cm³/mol. The first-order valence-electron chi connectivity index (χ1n) is 9.54. The van der Waals surface area contributed by atoms with Gasteiger partial charge in [-0.2, -0.15) is 0 Å². The van der Waals surface area contributed by atoms with Gasteiger partial charge in [0.15, 0.2) is 0 Å². The zero-order valence-corrected chi connectivity index (χ0v) is 15.1. The number of aliphatic carboxylic acids is 1. The molecule has 4 saturated carbocycles. The van der Waals surface area contributed by atoms with E-state index >= 15 is 0 Å². The van der Waals surface area contributed by atoms with Crippen molar-refractivity contribution in [2.24, 2.45) is 33.5 Å². The first kappa shape index (κ1) is 16.6. The van der Waals surface area contributed by atoms with Crippen LogP contribution in [0.1, 0.15) is 72.1 Å². The van der Waals surface area contributed by atoms with Gasteiger partial charge in [-0.1, -0.05) is 20.3 Å². The van der Waals surface area contributed by atoms with Crippen LogP contribution in [0.25, 0.3) is 0 Å². The molecule has 0 saturated heterocycles. The van der Waals surface area contributed by atoms with Crippen molar-refractivity contribution in [3.63, 3.8) is 0 Å². The summed E-state index contributed by atoms with van der Waals surface area (Å²) in [6.45, 7) is 6.21. The molecule has 0 amide bonds. The number of carbonyl (C=O) groups excluding carboxylic acids is 1. The first-order valence-corrected chi connectivity index (χ1v) is 9.54. The third-order valence-corrected chi connectivity index (χ3v) is 9.02. The maximum atomic E-state index is 12.7. The van der Waals surface area contributed by atoms with Gasteiger partial charge >= 0.3 is 5.97 Å². The summed E-state index contributed by atoms with van der Waals surface area (Å²) in [5.41, 5.74) is -1.22. The van der Waals surface area contributed by atoms with Crippen LogP contribution in [0, 0.1) is 33.5 Å². The number of Topliss-reactive ketones (excluding diaryl/α,β-unsaturated/α-hetero) is 1. The summed E-state index contributed by atoms with van der Waals surface area (Å²) in [5.74, 6) is -0.373. The Balaban J connectivity index is 1.85. The number of ketones is 1. The molecular formula is C20H30O4. The average Bonchev–Trinajstić information content (AvgIpc) is 2.81. The van der Waals surface area contributed by atoms with Gasteiger partial charge in [-0.3, -0.25) is 9.59 Å². The van der Waals surface area contributed by atoms with Gasteiger partial charge in [0, 0.05) is 17.8 Å². The van der Waals surface area contributed by atoms with Crippen molar-refractivity contribution in [1.82, 2.24) is 0 Å². The Morgan fingerprint density at radius 2 is 1.83 bits per heavy atom. The van der Waals surface area contributed by atoms with Crippen LogP contribution in [-0.2, 0) is 9.59 Å². The smallest absolute Gasteiger partial charge is 0.309 e.